The Morgan fingerprint density at radius 2 is 1.89 bits per heavy atom. The van der Waals surface area contributed by atoms with Crippen molar-refractivity contribution >= 4 is 17.3 Å². The maximum atomic E-state index is 12.6. The topological polar surface area (TPSA) is 60.6 Å². The zero-order valence-electron chi connectivity index (χ0n) is 16.2. The van der Waals surface area contributed by atoms with Crippen LogP contribution in [0.5, 0.6) is 0 Å². The lowest BCUT2D eigenvalue weighted by Gasteiger charge is -2.36. The van der Waals surface area contributed by atoms with Crippen LogP contribution in [0.25, 0.3) is 0 Å². The Kier molecular flexibility index (Phi) is 5.78. The molecule has 0 bridgehead atoms. The van der Waals surface area contributed by atoms with Gasteiger partial charge in [0.05, 0.1) is 37.8 Å². The van der Waals surface area contributed by atoms with Crippen LogP contribution < -0.4 is 15.1 Å². The first-order valence-corrected chi connectivity index (χ1v) is 9.46. The molecule has 1 amide bonds. The number of amides is 1. The molecule has 0 radical (unpaired) electrons. The van der Waals surface area contributed by atoms with Crippen LogP contribution in [0, 0.1) is 25.2 Å². The monoisotopic (exact) mass is 363 g/mol. The smallest absolute Gasteiger partial charge is 0.282 e. The first kappa shape index (κ1) is 18.9. The number of nitriles is 1. The Labute approximate surface area is 161 Å². The third kappa shape index (κ3) is 4.29. The quantitative estimate of drug-likeness (QED) is 0.872. The van der Waals surface area contributed by atoms with Gasteiger partial charge in [-0.1, -0.05) is 18.2 Å². The van der Waals surface area contributed by atoms with Crippen LogP contribution in [-0.4, -0.2) is 38.1 Å². The van der Waals surface area contributed by atoms with Crippen LogP contribution in [0.15, 0.2) is 42.5 Å². The summed E-state index contributed by atoms with van der Waals surface area (Å²) in [5.41, 5.74) is 5.19. The molecule has 1 aliphatic heterocycles. The number of aryl methyl sites for hydroxylation is 1. The lowest BCUT2D eigenvalue weighted by atomic mass is 10.1. The normalized spacial score (nSPS) is 15.9. The second kappa shape index (κ2) is 8.24. The van der Waals surface area contributed by atoms with Gasteiger partial charge >= 0.3 is 0 Å². The Balaban J connectivity index is 1.59. The van der Waals surface area contributed by atoms with Crippen LogP contribution in [0.1, 0.15) is 23.6 Å². The molecule has 2 aromatic carbocycles. The Morgan fingerprint density at radius 3 is 2.59 bits per heavy atom. The SMILES string of the molecule is Cc1cccc(N2CC[NH+]([C@H](C)C(=O)Nc3cccc(C#N)c3)CC2)c1C. The van der Waals surface area contributed by atoms with Gasteiger partial charge in [-0.3, -0.25) is 4.79 Å². The highest BCUT2D eigenvalue weighted by Gasteiger charge is 2.29. The molecule has 140 valence electrons. The summed E-state index contributed by atoms with van der Waals surface area (Å²) in [4.78, 5) is 16.4. The van der Waals surface area contributed by atoms with E-state index >= 15 is 0 Å². The minimum Gasteiger partial charge on any atom is -0.360 e. The summed E-state index contributed by atoms with van der Waals surface area (Å²) in [5, 5.41) is 11.9. The fraction of sp³-hybridized carbons (Fsp3) is 0.364. The molecule has 0 unspecified atom stereocenters. The van der Waals surface area contributed by atoms with Gasteiger partial charge in [0.1, 0.15) is 0 Å². The molecular formula is C22H27N4O+. The summed E-state index contributed by atoms with van der Waals surface area (Å²) < 4.78 is 0. The summed E-state index contributed by atoms with van der Waals surface area (Å²) in [6, 6.07) is 15.5. The molecule has 27 heavy (non-hydrogen) atoms. The van der Waals surface area contributed by atoms with Gasteiger partial charge in [-0.25, -0.2) is 0 Å². The van der Waals surface area contributed by atoms with E-state index in [1.807, 2.05) is 13.0 Å². The predicted octanol–water partition coefficient (Wildman–Crippen LogP) is 1.91. The summed E-state index contributed by atoms with van der Waals surface area (Å²) in [6.45, 7) is 10.1. The number of hydrogen-bond donors (Lipinski definition) is 2. The highest BCUT2D eigenvalue weighted by Crippen LogP contribution is 2.22. The third-order valence-corrected chi connectivity index (χ3v) is 5.59. The largest absolute Gasteiger partial charge is 0.360 e. The van der Waals surface area contributed by atoms with Crippen LogP contribution in [0.2, 0.25) is 0 Å². The molecule has 5 nitrogen and oxygen atoms in total. The molecule has 1 atom stereocenters. The zero-order valence-corrected chi connectivity index (χ0v) is 16.2. The number of piperazine rings is 1. The second-order valence-electron chi connectivity index (χ2n) is 7.27. The molecule has 1 aliphatic rings. The number of anilines is 2. The number of carbonyl (C=O) groups is 1. The molecule has 0 aromatic heterocycles. The van der Waals surface area contributed by atoms with E-state index in [4.69, 9.17) is 5.26 Å². The first-order valence-electron chi connectivity index (χ1n) is 9.46. The van der Waals surface area contributed by atoms with Crippen molar-refractivity contribution in [2.75, 3.05) is 36.4 Å². The van der Waals surface area contributed by atoms with Crippen molar-refractivity contribution in [3.63, 3.8) is 0 Å². The summed E-state index contributed by atoms with van der Waals surface area (Å²) in [5.74, 6) is 0.000255. The van der Waals surface area contributed by atoms with Gasteiger partial charge in [-0.2, -0.15) is 5.26 Å². The second-order valence-corrected chi connectivity index (χ2v) is 7.27. The van der Waals surface area contributed by atoms with Crippen molar-refractivity contribution in [1.29, 1.82) is 5.26 Å². The highest BCUT2D eigenvalue weighted by atomic mass is 16.2. The number of hydrogen-bond acceptors (Lipinski definition) is 3. The number of nitrogens with zero attached hydrogens (tertiary/aromatic N) is 2. The fourth-order valence-corrected chi connectivity index (χ4v) is 3.65. The fourth-order valence-electron chi connectivity index (χ4n) is 3.65. The lowest BCUT2D eigenvalue weighted by Crippen LogP contribution is -3.19. The van der Waals surface area contributed by atoms with Gasteiger partial charge < -0.3 is 15.1 Å². The summed E-state index contributed by atoms with van der Waals surface area (Å²) in [7, 11) is 0. The van der Waals surface area contributed by atoms with Crippen LogP contribution in [-0.2, 0) is 4.79 Å². The van der Waals surface area contributed by atoms with Gasteiger partial charge in [0, 0.05) is 11.4 Å². The number of quaternary nitrogens is 1. The predicted molar refractivity (Wildman–Crippen MR) is 108 cm³/mol. The van der Waals surface area contributed by atoms with E-state index < -0.39 is 0 Å². The third-order valence-electron chi connectivity index (χ3n) is 5.59. The van der Waals surface area contributed by atoms with Gasteiger partial charge in [-0.05, 0) is 56.2 Å². The number of carbonyl (C=O) groups excluding carboxylic acids is 1. The highest BCUT2D eigenvalue weighted by molar-refractivity contribution is 5.93. The zero-order chi connectivity index (χ0) is 19.4. The summed E-state index contributed by atoms with van der Waals surface area (Å²) >= 11 is 0. The molecule has 0 aliphatic carbocycles. The van der Waals surface area contributed by atoms with Crippen molar-refractivity contribution in [2.45, 2.75) is 26.8 Å². The Morgan fingerprint density at radius 1 is 1.19 bits per heavy atom. The molecule has 2 N–H and O–H groups in total. The average Bonchev–Trinajstić information content (AvgIpc) is 2.70. The van der Waals surface area contributed by atoms with Crippen molar-refractivity contribution < 1.29 is 9.69 Å². The minimum atomic E-state index is -0.128. The summed E-state index contributed by atoms with van der Waals surface area (Å²) in [6.07, 6.45) is 0. The first-order chi connectivity index (χ1) is 13.0. The van der Waals surface area contributed by atoms with E-state index in [9.17, 15) is 4.79 Å². The van der Waals surface area contributed by atoms with Crippen molar-refractivity contribution in [3.05, 3.63) is 59.2 Å². The standard InChI is InChI=1S/C22H26N4O/c1-16-6-4-9-21(17(16)2)26-12-10-25(11-13-26)18(3)22(27)24-20-8-5-7-19(14-20)15-23/h4-9,14,18H,10-13H2,1-3H3,(H,24,27)/p+1/t18-/m1/s1. The number of nitrogens with one attached hydrogen (secondary N) is 2. The van der Waals surface area contributed by atoms with E-state index in [1.54, 1.807) is 18.2 Å². The van der Waals surface area contributed by atoms with E-state index in [-0.39, 0.29) is 11.9 Å². The van der Waals surface area contributed by atoms with Gasteiger partial charge in [0.25, 0.3) is 5.91 Å². The lowest BCUT2D eigenvalue weighted by molar-refractivity contribution is -0.914. The van der Waals surface area contributed by atoms with Crippen molar-refractivity contribution in [2.24, 2.45) is 0 Å². The Hall–Kier alpha value is -2.84. The maximum Gasteiger partial charge on any atom is 0.282 e. The van der Waals surface area contributed by atoms with Crippen LogP contribution in [0.4, 0.5) is 11.4 Å². The average molecular weight is 363 g/mol. The molecule has 1 saturated heterocycles. The van der Waals surface area contributed by atoms with Gasteiger partial charge in [0.2, 0.25) is 0 Å². The minimum absolute atomic E-state index is 0.000255. The number of rotatable bonds is 4. The van der Waals surface area contributed by atoms with E-state index in [1.165, 1.54) is 21.7 Å². The van der Waals surface area contributed by atoms with Gasteiger partial charge in [0.15, 0.2) is 6.04 Å². The molecule has 0 spiro atoms. The van der Waals surface area contributed by atoms with Crippen LogP contribution in [0.3, 0.4) is 0 Å². The molecular weight excluding hydrogens is 336 g/mol. The number of benzene rings is 2. The van der Waals surface area contributed by atoms with Crippen molar-refractivity contribution in [1.82, 2.24) is 0 Å². The van der Waals surface area contributed by atoms with Gasteiger partial charge in [-0.15, -0.1) is 0 Å². The van der Waals surface area contributed by atoms with E-state index in [0.29, 0.717) is 11.3 Å². The molecule has 1 heterocycles. The van der Waals surface area contributed by atoms with E-state index in [0.717, 1.165) is 26.2 Å². The molecule has 1 fully saturated rings. The Bertz CT molecular complexity index is 863. The molecule has 0 saturated carbocycles. The van der Waals surface area contributed by atoms with E-state index in [2.05, 4.69) is 48.3 Å². The molecule has 2 aromatic rings. The molecule has 3 rings (SSSR count). The maximum absolute atomic E-state index is 12.6. The molecule has 5 heteroatoms. The van der Waals surface area contributed by atoms with Crippen molar-refractivity contribution in [3.8, 4) is 6.07 Å². The van der Waals surface area contributed by atoms with Crippen LogP contribution >= 0.6 is 0 Å².